The maximum atomic E-state index is 3.90. The standard InChI is InChI=1S/C17H31NS2/c1-3-11-18-16(14-9-7-5-6-8-10-14)17-15(4-2)19-12-13-20-17/h9,15-18H,3-8,10-13H2,1-2H3. The van der Waals surface area contributed by atoms with Gasteiger partial charge in [0.05, 0.1) is 0 Å². The zero-order chi connectivity index (χ0) is 14.2. The van der Waals surface area contributed by atoms with E-state index in [2.05, 4.69) is 48.8 Å². The van der Waals surface area contributed by atoms with Crippen LogP contribution in [0.5, 0.6) is 0 Å². The minimum Gasteiger partial charge on any atom is -0.309 e. The van der Waals surface area contributed by atoms with Crippen molar-refractivity contribution in [1.82, 2.24) is 5.32 Å². The van der Waals surface area contributed by atoms with Crippen molar-refractivity contribution in [2.45, 2.75) is 75.3 Å². The summed E-state index contributed by atoms with van der Waals surface area (Å²) in [7, 11) is 0. The topological polar surface area (TPSA) is 12.0 Å². The van der Waals surface area contributed by atoms with Gasteiger partial charge in [-0.1, -0.05) is 31.9 Å². The molecule has 1 fully saturated rings. The monoisotopic (exact) mass is 313 g/mol. The fourth-order valence-electron chi connectivity index (χ4n) is 3.33. The summed E-state index contributed by atoms with van der Waals surface area (Å²) in [5.74, 6) is 2.68. The average molecular weight is 314 g/mol. The molecule has 0 radical (unpaired) electrons. The molecule has 0 amide bonds. The Morgan fingerprint density at radius 1 is 1.20 bits per heavy atom. The van der Waals surface area contributed by atoms with Crippen LogP contribution in [0.25, 0.3) is 0 Å². The van der Waals surface area contributed by atoms with E-state index >= 15 is 0 Å². The molecule has 2 rings (SSSR count). The predicted molar refractivity (Wildman–Crippen MR) is 96.0 cm³/mol. The highest BCUT2D eigenvalue weighted by atomic mass is 32.2. The fourth-order valence-corrected chi connectivity index (χ4v) is 6.60. The molecule has 1 nitrogen and oxygen atoms in total. The molecule has 3 heteroatoms. The molecule has 0 aromatic carbocycles. The molecule has 1 saturated heterocycles. The average Bonchev–Trinajstić information content (AvgIpc) is 2.77. The molecule has 1 N–H and O–H groups in total. The summed E-state index contributed by atoms with van der Waals surface area (Å²) in [6.07, 6.45) is 12.0. The predicted octanol–water partition coefficient (Wildman–Crippen LogP) is 4.87. The molecule has 116 valence electrons. The van der Waals surface area contributed by atoms with Gasteiger partial charge in [0.1, 0.15) is 0 Å². The third kappa shape index (κ3) is 4.71. The Bertz CT molecular complexity index is 303. The van der Waals surface area contributed by atoms with E-state index in [0.717, 1.165) is 10.5 Å². The lowest BCUT2D eigenvalue weighted by molar-refractivity contribution is 0.513. The molecule has 0 saturated carbocycles. The molecular formula is C17H31NS2. The van der Waals surface area contributed by atoms with E-state index in [1.54, 1.807) is 5.57 Å². The summed E-state index contributed by atoms with van der Waals surface area (Å²) in [5.41, 5.74) is 1.73. The summed E-state index contributed by atoms with van der Waals surface area (Å²) in [6, 6.07) is 0.635. The van der Waals surface area contributed by atoms with Crippen molar-refractivity contribution in [3.05, 3.63) is 11.6 Å². The molecular weight excluding hydrogens is 282 g/mol. The quantitative estimate of drug-likeness (QED) is 0.702. The summed E-state index contributed by atoms with van der Waals surface area (Å²) in [5, 5.41) is 5.53. The SMILES string of the molecule is CCCNC(C1=CCCCCC1)C1SCCSC1CC. The van der Waals surface area contributed by atoms with Gasteiger partial charge in [-0.05, 0) is 45.1 Å². The van der Waals surface area contributed by atoms with Crippen LogP contribution in [-0.4, -0.2) is 34.6 Å². The van der Waals surface area contributed by atoms with E-state index in [9.17, 15) is 0 Å². The summed E-state index contributed by atoms with van der Waals surface area (Å²) in [6.45, 7) is 5.82. The van der Waals surface area contributed by atoms with Crippen LogP contribution in [0.15, 0.2) is 11.6 Å². The molecule has 0 bridgehead atoms. The van der Waals surface area contributed by atoms with Crippen molar-refractivity contribution in [3.8, 4) is 0 Å². The number of nitrogens with one attached hydrogen (secondary N) is 1. The highest BCUT2D eigenvalue weighted by Gasteiger charge is 2.33. The first kappa shape index (κ1) is 16.8. The van der Waals surface area contributed by atoms with E-state index in [1.807, 2.05) is 0 Å². The van der Waals surface area contributed by atoms with Crippen molar-refractivity contribution in [2.24, 2.45) is 0 Å². The van der Waals surface area contributed by atoms with Crippen LogP contribution in [0.4, 0.5) is 0 Å². The van der Waals surface area contributed by atoms with Crippen molar-refractivity contribution in [2.75, 3.05) is 18.1 Å². The van der Waals surface area contributed by atoms with Crippen LogP contribution in [0.2, 0.25) is 0 Å². The molecule has 0 aromatic rings. The Morgan fingerprint density at radius 3 is 2.85 bits per heavy atom. The maximum Gasteiger partial charge on any atom is 0.0410 e. The first-order valence-electron chi connectivity index (χ1n) is 8.52. The van der Waals surface area contributed by atoms with Gasteiger partial charge >= 0.3 is 0 Å². The van der Waals surface area contributed by atoms with E-state index in [4.69, 9.17) is 0 Å². The van der Waals surface area contributed by atoms with Gasteiger partial charge in [0, 0.05) is 28.0 Å². The highest BCUT2D eigenvalue weighted by Crippen LogP contribution is 2.38. The minimum atomic E-state index is 0.635. The Kier molecular flexibility index (Phi) is 7.90. The number of hydrogen-bond donors (Lipinski definition) is 1. The Hall–Kier alpha value is 0.400. The van der Waals surface area contributed by atoms with E-state index in [-0.39, 0.29) is 0 Å². The Labute approximate surface area is 134 Å². The Morgan fingerprint density at radius 2 is 2.05 bits per heavy atom. The van der Waals surface area contributed by atoms with Gasteiger partial charge in [-0.15, -0.1) is 0 Å². The number of allylic oxidation sites excluding steroid dienone is 1. The number of rotatable bonds is 6. The molecule has 0 spiro atoms. The van der Waals surface area contributed by atoms with Crippen LogP contribution >= 0.6 is 23.5 Å². The minimum absolute atomic E-state index is 0.635. The fraction of sp³-hybridized carbons (Fsp3) is 0.882. The molecule has 0 aromatic heterocycles. The molecule has 3 atom stereocenters. The maximum absolute atomic E-state index is 3.90. The molecule has 1 heterocycles. The van der Waals surface area contributed by atoms with E-state index < -0.39 is 0 Å². The van der Waals surface area contributed by atoms with Gasteiger partial charge in [0.25, 0.3) is 0 Å². The van der Waals surface area contributed by atoms with Gasteiger partial charge in [-0.25, -0.2) is 0 Å². The third-order valence-corrected chi connectivity index (χ3v) is 7.76. The molecule has 2 aliphatic rings. The second kappa shape index (κ2) is 9.42. The zero-order valence-electron chi connectivity index (χ0n) is 13.2. The summed E-state index contributed by atoms with van der Waals surface area (Å²) in [4.78, 5) is 0. The summed E-state index contributed by atoms with van der Waals surface area (Å²) < 4.78 is 0. The largest absolute Gasteiger partial charge is 0.309 e. The van der Waals surface area contributed by atoms with Gasteiger partial charge < -0.3 is 5.32 Å². The lowest BCUT2D eigenvalue weighted by Gasteiger charge is -2.38. The van der Waals surface area contributed by atoms with Crippen LogP contribution in [0.1, 0.15) is 58.8 Å². The van der Waals surface area contributed by atoms with E-state index in [1.165, 1.54) is 63.0 Å². The van der Waals surface area contributed by atoms with Crippen molar-refractivity contribution < 1.29 is 0 Å². The molecule has 3 unspecified atom stereocenters. The first-order chi connectivity index (χ1) is 9.86. The van der Waals surface area contributed by atoms with Crippen molar-refractivity contribution >= 4 is 23.5 Å². The first-order valence-corrected chi connectivity index (χ1v) is 10.6. The van der Waals surface area contributed by atoms with Crippen LogP contribution in [-0.2, 0) is 0 Å². The Balaban J connectivity index is 2.09. The van der Waals surface area contributed by atoms with Gasteiger partial charge in [0.15, 0.2) is 0 Å². The summed E-state index contributed by atoms with van der Waals surface area (Å²) >= 11 is 4.44. The van der Waals surface area contributed by atoms with E-state index in [0.29, 0.717) is 6.04 Å². The third-order valence-electron chi connectivity index (χ3n) is 4.41. The lowest BCUT2D eigenvalue weighted by atomic mass is 9.96. The van der Waals surface area contributed by atoms with Gasteiger partial charge in [-0.2, -0.15) is 23.5 Å². The lowest BCUT2D eigenvalue weighted by Crippen LogP contribution is -2.46. The molecule has 1 aliphatic carbocycles. The normalized spacial score (nSPS) is 29.6. The zero-order valence-corrected chi connectivity index (χ0v) is 14.8. The van der Waals surface area contributed by atoms with Crippen LogP contribution < -0.4 is 5.32 Å². The second-order valence-corrected chi connectivity index (χ2v) is 8.60. The second-order valence-electron chi connectivity index (χ2n) is 5.96. The molecule has 20 heavy (non-hydrogen) atoms. The van der Waals surface area contributed by atoms with Crippen LogP contribution in [0.3, 0.4) is 0 Å². The van der Waals surface area contributed by atoms with Gasteiger partial charge in [-0.3, -0.25) is 0 Å². The molecule has 1 aliphatic heterocycles. The van der Waals surface area contributed by atoms with Crippen molar-refractivity contribution in [3.63, 3.8) is 0 Å². The van der Waals surface area contributed by atoms with Crippen LogP contribution in [0, 0.1) is 0 Å². The highest BCUT2D eigenvalue weighted by molar-refractivity contribution is 8.07. The number of hydrogen-bond acceptors (Lipinski definition) is 3. The van der Waals surface area contributed by atoms with Crippen molar-refractivity contribution in [1.29, 1.82) is 0 Å². The van der Waals surface area contributed by atoms with Gasteiger partial charge in [0.2, 0.25) is 0 Å². The number of thioether (sulfide) groups is 2. The smallest absolute Gasteiger partial charge is 0.0410 e.